The highest BCUT2D eigenvalue weighted by molar-refractivity contribution is 7.93. The second kappa shape index (κ2) is 5.96. The minimum absolute atomic E-state index is 0.167. The van der Waals surface area contributed by atoms with Gasteiger partial charge in [-0.3, -0.25) is 4.79 Å². The van der Waals surface area contributed by atoms with E-state index >= 15 is 0 Å². The molecule has 2 rings (SSSR count). The third-order valence-electron chi connectivity index (χ3n) is 4.06. The van der Waals surface area contributed by atoms with Gasteiger partial charge in [-0.1, -0.05) is 6.07 Å². The number of amides is 1. The Hall–Kier alpha value is -1.89. The summed E-state index contributed by atoms with van der Waals surface area (Å²) in [5, 5.41) is 9.04. The van der Waals surface area contributed by atoms with Gasteiger partial charge in [-0.15, -0.1) is 0 Å². The second-order valence-electron chi connectivity index (χ2n) is 6.73. The van der Waals surface area contributed by atoms with E-state index in [1.54, 1.807) is 39.0 Å². The van der Waals surface area contributed by atoms with E-state index in [0.29, 0.717) is 13.0 Å². The van der Waals surface area contributed by atoms with Crippen LogP contribution >= 0.6 is 0 Å². The van der Waals surface area contributed by atoms with E-state index in [2.05, 4.69) is 0 Å². The maximum atomic E-state index is 12.3. The SMILES string of the molecule is CC(C)(C)S(=O)(=O)CC(=O)N1CCc2ccc(C(=O)O)cc2C1. The van der Waals surface area contributed by atoms with Gasteiger partial charge in [-0.05, 0) is 50.5 Å². The third-order valence-corrected chi connectivity index (χ3v) is 6.56. The molecule has 0 saturated carbocycles. The number of benzene rings is 1. The number of carboxylic acid groups (broad SMARTS) is 1. The van der Waals surface area contributed by atoms with Crippen molar-refractivity contribution in [1.29, 1.82) is 0 Å². The van der Waals surface area contributed by atoms with Crippen molar-refractivity contribution in [3.63, 3.8) is 0 Å². The van der Waals surface area contributed by atoms with Gasteiger partial charge < -0.3 is 10.0 Å². The predicted octanol–water partition coefficient (Wildman–Crippen LogP) is 1.48. The Bertz CT molecular complexity index is 746. The molecule has 0 bridgehead atoms. The molecule has 0 fully saturated rings. The maximum Gasteiger partial charge on any atom is 0.335 e. The van der Waals surface area contributed by atoms with Crippen LogP contribution in [0.5, 0.6) is 0 Å². The van der Waals surface area contributed by atoms with E-state index < -0.39 is 32.2 Å². The smallest absolute Gasteiger partial charge is 0.335 e. The van der Waals surface area contributed by atoms with Gasteiger partial charge in [0.2, 0.25) is 5.91 Å². The van der Waals surface area contributed by atoms with Gasteiger partial charge in [0.15, 0.2) is 9.84 Å². The molecule has 0 aromatic heterocycles. The van der Waals surface area contributed by atoms with Crippen LogP contribution in [0.15, 0.2) is 18.2 Å². The Kier molecular flexibility index (Phi) is 4.52. The van der Waals surface area contributed by atoms with Crippen LogP contribution in [-0.4, -0.2) is 47.3 Å². The summed E-state index contributed by atoms with van der Waals surface area (Å²) in [6, 6.07) is 4.85. The standard InChI is InChI=1S/C16H21NO5S/c1-16(2,3)23(21,22)10-14(18)17-7-6-11-4-5-12(15(19)20)8-13(11)9-17/h4-5,8H,6-7,9-10H2,1-3H3,(H,19,20). The monoisotopic (exact) mass is 339 g/mol. The molecule has 1 aromatic carbocycles. The summed E-state index contributed by atoms with van der Waals surface area (Å²) in [7, 11) is -3.53. The number of carbonyl (C=O) groups excluding carboxylic acids is 1. The molecule has 1 aliphatic rings. The van der Waals surface area contributed by atoms with Crippen LogP contribution in [-0.2, 0) is 27.6 Å². The average Bonchev–Trinajstić information content (AvgIpc) is 2.44. The Morgan fingerprint density at radius 3 is 2.43 bits per heavy atom. The highest BCUT2D eigenvalue weighted by Crippen LogP contribution is 2.22. The van der Waals surface area contributed by atoms with Crippen LogP contribution in [0.25, 0.3) is 0 Å². The lowest BCUT2D eigenvalue weighted by Crippen LogP contribution is -2.42. The van der Waals surface area contributed by atoms with Gasteiger partial charge in [0.1, 0.15) is 5.75 Å². The largest absolute Gasteiger partial charge is 0.478 e. The van der Waals surface area contributed by atoms with E-state index in [-0.39, 0.29) is 12.1 Å². The molecular formula is C16H21NO5S. The molecule has 0 saturated heterocycles. The van der Waals surface area contributed by atoms with Crippen molar-refractivity contribution in [3.8, 4) is 0 Å². The molecule has 1 aliphatic heterocycles. The Balaban J connectivity index is 2.17. The maximum absolute atomic E-state index is 12.3. The van der Waals surface area contributed by atoms with Crippen molar-refractivity contribution in [2.45, 2.75) is 38.5 Å². The first-order valence-electron chi connectivity index (χ1n) is 7.36. The van der Waals surface area contributed by atoms with E-state index in [1.165, 1.54) is 4.90 Å². The third kappa shape index (κ3) is 3.72. The zero-order valence-electron chi connectivity index (χ0n) is 13.5. The number of fused-ring (bicyclic) bond motifs is 1. The zero-order valence-corrected chi connectivity index (χ0v) is 14.3. The summed E-state index contributed by atoms with van der Waals surface area (Å²) in [6.07, 6.45) is 0.594. The summed E-state index contributed by atoms with van der Waals surface area (Å²) < 4.78 is 23.4. The number of hydrogen-bond donors (Lipinski definition) is 1. The molecule has 1 heterocycles. The molecule has 126 valence electrons. The van der Waals surface area contributed by atoms with E-state index in [9.17, 15) is 18.0 Å². The second-order valence-corrected chi connectivity index (χ2v) is 9.47. The van der Waals surface area contributed by atoms with Gasteiger partial charge in [-0.25, -0.2) is 13.2 Å². The normalized spacial score (nSPS) is 15.2. The fraction of sp³-hybridized carbons (Fsp3) is 0.500. The van der Waals surface area contributed by atoms with Gasteiger partial charge in [0, 0.05) is 13.1 Å². The number of nitrogens with zero attached hydrogens (tertiary/aromatic N) is 1. The van der Waals surface area contributed by atoms with Crippen LogP contribution < -0.4 is 0 Å². The highest BCUT2D eigenvalue weighted by Gasteiger charge is 2.33. The molecular weight excluding hydrogens is 318 g/mol. The quantitative estimate of drug-likeness (QED) is 0.900. The number of carboxylic acids is 1. The van der Waals surface area contributed by atoms with Crippen LogP contribution in [0.2, 0.25) is 0 Å². The lowest BCUT2D eigenvalue weighted by Gasteiger charge is -2.30. The molecule has 0 atom stereocenters. The van der Waals surface area contributed by atoms with E-state index in [0.717, 1.165) is 11.1 Å². The highest BCUT2D eigenvalue weighted by atomic mass is 32.2. The summed E-state index contributed by atoms with van der Waals surface area (Å²) in [5.74, 6) is -1.98. The lowest BCUT2D eigenvalue weighted by atomic mass is 9.97. The number of sulfone groups is 1. The molecule has 1 amide bonds. The molecule has 7 heteroatoms. The Morgan fingerprint density at radius 1 is 1.22 bits per heavy atom. The molecule has 23 heavy (non-hydrogen) atoms. The van der Waals surface area contributed by atoms with Crippen LogP contribution in [0.4, 0.5) is 0 Å². The topological polar surface area (TPSA) is 91.8 Å². The first kappa shape index (κ1) is 17.5. The van der Waals surface area contributed by atoms with Gasteiger partial charge >= 0.3 is 5.97 Å². The Labute approximate surface area is 136 Å². The van der Waals surface area contributed by atoms with Crippen molar-refractivity contribution < 1.29 is 23.1 Å². The van der Waals surface area contributed by atoms with Crippen molar-refractivity contribution >= 4 is 21.7 Å². The lowest BCUT2D eigenvalue weighted by molar-refractivity contribution is -0.129. The van der Waals surface area contributed by atoms with E-state index in [1.807, 2.05) is 0 Å². The first-order chi connectivity index (χ1) is 10.5. The minimum Gasteiger partial charge on any atom is -0.478 e. The molecule has 6 nitrogen and oxygen atoms in total. The molecule has 0 radical (unpaired) electrons. The summed E-state index contributed by atoms with van der Waals surface area (Å²) >= 11 is 0. The summed E-state index contributed by atoms with van der Waals surface area (Å²) in [5.41, 5.74) is 1.93. The van der Waals surface area contributed by atoms with Crippen LogP contribution in [0.1, 0.15) is 42.3 Å². The van der Waals surface area contributed by atoms with Crippen LogP contribution in [0, 0.1) is 0 Å². The van der Waals surface area contributed by atoms with Gasteiger partial charge in [0.05, 0.1) is 10.3 Å². The number of aromatic carboxylic acids is 1. The van der Waals surface area contributed by atoms with Crippen molar-refractivity contribution in [2.24, 2.45) is 0 Å². The zero-order chi connectivity index (χ0) is 17.4. The molecule has 0 spiro atoms. The summed E-state index contributed by atoms with van der Waals surface area (Å²) in [4.78, 5) is 24.8. The molecule has 0 unspecified atom stereocenters. The number of hydrogen-bond acceptors (Lipinski definition) is 4. The molecule has 1 N–H and O–H groups in total. The van der Waals surface area contributed by atoms with Crippen molar-refractivity contribution in [1.82, 2.24) is 4.90 Å². The minimum atomic E-state index is -3.53. The van der Waals surface area contributed by atoms with Crippen molar-refractivity contribution in [2.75, 3.05) is 12.3 Å². The predicted molar refractivity (Wildman–Crippen MR) is 86.1 cm³/mol. The van der Waals surface area contributed by atoms with Crippen LogP contribution in [0.3, 0.4) is 0 Å². The van der Waals surface area contributed by atoms with E-state index in [4.69, 9.17) is 5.11 Å². The summed E-state index contributed by atoms with van der Waals surface area (Å²) in [6.45, 7) is 5.40. The van der Waals surface area contributed by atoms with Gasteiger partial charge in [0.25, 0.3) is 0 Å². The molecule has 1 aromatic rings. The fourth-order valence-electron chi connectivity index (χ4n) is 2.37. The Morgan fingerprint density at radius 2 is 1.87 bits per heavy atom. The fourth-order valence-corrected chi connectivity index (χ4v) is 3.31. The average molecular weight is 339 g/mol. The molecule has 0 aliphatic carbocycles. The number of rotatable bonds is 3. The van der Waals surface area contributed by atoms with Crippen molar-refractivity contribution in [3.05, 3.63) is 34.9 Å². The van der Waals surface area contributed by atoms with Gasteiger partial charge in [-0.2, -0.15) is 0 Å². The first-order valence-corrected chi connectivity index (χ1v) is 9.02. The number of carbonyl (C=O) groups is 2.